The van der Waals surface area contributed by atoms with Crippen LogP contribution in [0, 0.1) is 10.1 Å². The minimum absolute atomic E-state index is 0.0383. The molecule has 30 heavy (non-hydrogen) atoms. The average Bonchev–Trinajstić information content (AvgIpc) is 3.07. The van der Waals surface area contributed by atoms with Gasteiger partial charge in [0.15, 0.2) is 0 Å². The Morgan fingerprint density at radius 1 is 1.20 bits per heavy atom. The molecule has 0 unspecified atom stereocenters. The van der Waals surface area contributed by atoms with Crippen molar-refractivity contribution >= 4 is 38.1 Å². The molecule has 0 radical (unpaired) electrons. The van der Waals surface area contributed by atoms with Crippen molar-refractivity contribution in [2.75, 3.05) is 37.9 Å². The second-order valence-corrected chi connectivity index (χ2v) is 8.65. The van der Waals surface area contributed by atoms with Crippen LogP contribution in [0.1, 0.15) is 0 Å². The number of rotatable bonds is 8. The van der Waals surface area contributed by atoms with Crippen molar-refractivity contribution in [2.45, 2.75) is 6.54 Å². The molecule has 1 N–H and O–H groups in total. The fourth-order valence-corrected chi connectivity index (χ4v) is 4.14. The van der Waals surface area contributed by atoms with E-state index < -0.39 is 10.1 Å². The quantitative estimate of drug-likeness (QED) is 0.250. The molecule has 11 heteroatoms. The molecule has 0 saturated carbocycles. The molecule has 158 valence electrons. The van der Waals surface area contributed by atoms with Gasteiger partial charge in [0, 0.05) is 31.8 Å². The first kappa shape index (κ1) is 20.3. The summed E-state index contributed by atoms with van der Waals surface area (Å²) in [6.45, 7) is 1.48. The van der Waals surface area contributed by atoms with E-state index in [0.717, 1.165) is 34.1 Å². The summed E-state index contributed by atoms with van der Waals surface area (Å²) in [5.41, 5.74) is 3.88. The van der Waals surface area contributed by atoms with Gasteiger partial charge in [-0.15, -0.1) is 0 Å². The summed E-state index contributed by atoms with van der Waals surface area (Å²) in [6, 6.07) is 10.9. The highest BCUT2D eigenvalue weighted by atomic mass is 32.2. The highest BCUT2D eigenvalue weighted by Gasteiger charge is 2.32. The van der Waals surface area contributed by atoms with Gasteiger partial charge in [-0.3, -0.25) is 19.0 Å². The largest absolute Gasteiger partial charge is 0.338 e. The number of hydrogen-bond donors (Lipinski definition) is 1. The van der Waals surface area contributed by atoms with Crippen molar-refractivity contribution < 1.29 is 17.5 Å². The minimum atomic E-state index is -3.45. The number of nitrogens with one attached hydrogen (secondary N) is 1. The van der Waals surface area contributed by atoms with E-state index in [9.17, 15) is 18.5 Å². The number of fused-ring (bicyclic) bond motifs is 2. The third kappa shape index (κ3) is 3.62. The van der Waals surface area contributed by atoms with Crippen molar-refractivity contribution in [1.82, 2.24) is 15.1 Å². The molecule has 0 spiro atoms. The third-order valence-electron chi connectivity index (χ3n) is 5.00. The number of nitro benzene ring substituents is 1. The maximum Gasteiger partial charge on any atom is 0.293 e. The molecule has 4 rings (SSSR count). The molecule has 0 amide bonds. The molecule has 2 heterocycles. The highest BCUT2D eigenvalue weighted by molar-refractivity contribution is 7.85. The zero-order chi connectivity index (χ0) is 21.5. The molecule has 0 fully saturated rings. The number of nitro groups is 1. The van der Waals surface area contributed by atoms with Crippen LogP contribution < -0.4 is 10.2 Å². The van der Waals surface area contributed by atoms with Gasteiger partial charge >= 0.3 is 0 Å². The topological polar surface area (TPSA) is 120 Å². The fourth-order valence-electron chi connectivity index (χ4n) is 3.75. The fraction of sp³-hybridized carbons (Fsp3) is 0.316. The van der Waals surface area contributed by atoms with Crippen LogP contribution >= 0.6 is 0 Å². The maximum atomic E-state index is 11.7. The summed E-state index contributed by atoms with van der Waals surface area (Å²) in [7, 11) is -1.63. The van der Waals surface area contributed by atoms with Crippen molar-refractivity contribution in [3.8, 4) is 11.3 Å². The van der Waals surface area contributed by atoms with Crippen molar-refractivity contribution in [2.24, 2.45) is 0 Å². The summed E-state index contributed by atoms with van der Waals surface area (Å²) in [5, 5.41) is 20.3. The van der Waals surface area contributed by atoms with E-state index in [1.54, 1.807) is 6.07 Å². The number of benzene rings is 2. The van der Waals surface area contributed by atoms with Crippen molar-refractivity contribution in [3.63, 3.8) is 0 Å². The number of nitrogens with zero attached hydrogens (tertiary/aromatic N) is 4. The van der Waals surface area contributed by atoms with E-state index >= 15 is 0 Å². The van der Waals surface area contributed by atoms with E-state index in [-0.39, 0.29) is 17.2 Å². The van der Waals surface area contributed by atoms with Gasteiger partial charge in [0.2, 0.25) is 0 Å². The second kappa shape index (κ2) is 7.67. The number of hydrogen-bond acceptors (Lipinski definition) is 8. The smallest absolute Gasteiger partial charge is 0.293 e. The monoisotopic (exact) mass is 431 g/mol. The van der Waals surface area contributed by atoms with E-state index in [1.807, 2.05) is 40.9 Å². The van der Waals surface area contributed by atoms with Crippen LogP contribution in [0.2, 0.25) is 0 Å². The molecular weight excluding hydrogens is 410 g/mol. The Morgan fingerprint density at radius 3 is 2.70 bits per heavy atom. The summed E-state index contributed by atoms with van der Waals surface area (Å²) >= 11 is 0. The molecule has 0 bridgehead atoms. The summed E-state index contributed by atoms with van der Waals surface area (Å²) in [5.74, 6) is 0. The number of para-hydroxylation sites is 1. The van der Waals surface area contributed by atoms with Crippen LogP contribution in [-0.2, 0) is 20.8 Å². The third-order valence-corrected chi connectivity index (χ3v) is 5.59. The Morgan fingerprint density at radius 2 is 1.97 bits per heavy atom. The summed E-state index contributed by atoms with van der Waals surface area (Å²) < 4.78 is 28.5. The predicted octanol–water partition coefficient (Wildman–Crippen LogP) is 2.26. The van der Waals surface area contributed by atoms with E-state index in [0.29, 0.717) is 25.3 Å². The molecule has 1 aliphatic rings. The zero-order valence-corrected chi connectivity index (χ0v) is 17.3. The standard InChI is InChI=1S/C19H21N5O5S/c1-22-14-6-4-3-5-13(14)18-17-15(7-8-16(19(17)22)24(25)26)23(21-18)11-9-20-10-12-29-30(2,27)28/h3-8,20H,9-12H2,1-2H3. The van der Waals surface area contributed by atoms with Crippen LogP contribution in [0.5, 0.6) is 0 Å². The van der Waals surface area contributed by atoms with Gasteiger partial charge in [-0.2, -0.15) is 13.5 Å². The predicted molar refractivity (Wildman–Crippen MR) is 114 cm³/mol. The zero-order valence-electron chi connectivity index (χ0n) is 16.5. The Balaban J connectivity index is 1.66. The van der Waals surface area contributed by atoms with Gasteiger partial charge in [0.25, 0.3) is 15.8 Å². The van der Waals surface area contributed by atoms with Gasteiger partial charge < -0.3 is 10.2 Å². The van der Waals surface area contributed by atoms with Crippen molar-refractivity contribution in [3.05, 3.63) is 46.5 Å². The number of anilines is 2. The molecule has 0 saturated heterocycles. The lowest BCUT2D eigenvalue weighted by atomic mass is 9.98. The van der Waals surface area contributed by atoms with Crippen LogP contribution in [0.15, 0.2) is 36.4 Å². The van der Waals surface area contributed by atoms with Gasteiger partial charge in [0.05, 0.1) is 40.9 Å². The first-order valence-electron chi connectivity index (χ1n) is 9.34. The molecule has 1 aliphatic heterocycles. The van der Waals surface area contributed by atoms with E-state index in [1.165, 1.54) is 6.07 Å². The van der Waals surface area contributed by atoms with Crippen LogP contribution in [0.25, 0.3) is 22.2 Å². The number of aromatic nitrogens is 2. The molecule has 1 aromatic heterocycles. The van der Waals surface area contributed by atoms with Crippen LogP contribution in [0.3, 0.4) is 0 Å². The molecule has 0 atom stereocenters. The summed E-state index contributed by atoms with van der Waals surface area (Å²) in [6.07, 6.45) is 1.01. The Kier molecular flexibility index (Phi) is 5.18. The van der Waals surface area contributed by atoms with Gasteiger partial charge in [-0.25, -0.2) is 0 Å². The van der Waals surface area contributed by atoms with Crippen LogP contribution in [-0.4, -0.2) is 56.1 Å². The lowest BCUT2D eigenvalue weighted by Crippen LogP contribution is -2.25. The molecule has 0 aliphatic carbocycles. The minimum Gasteiger partial charge on any atom is -0.338 e. The maximum absolute atomic E-state index is 11.7. The first-order chi connectivity index (χ1) is 14.3. The van der Waals surface area contributed by atoms with Crippen molar-refractivity contribution in [1.29, 1.82) is 0 Å². The first-order valence-corrected chi connectivity index (χ1v) is 11.2. The molecule has 2 aromatic carbocycles. The van der Waals surface area contributed by atoms with Gasteiger partial charge in [-0.05, 0) is 12.1 Å². The lowest BCUT2D eigenvalue weighted by Gasteiger charge is -2.26. The van der Waals surface area contributed by atoms with Crippen LogP contribution in [0.4, 0.5) is 17.1 Å². The van der Waals surface area contributed by atoms with Gasteiger partial charge in [0.1, 0.15) is 11.4 Å². The Hall–Kier alpha value is -3.02. The Labute approximate surface area is 173 Å². The molecular formula is C19H21N5O5S. The molecule has 3 aromatic rings. The van der Waals surface area contributed by atoms with E-state index in [4.69, 9.17) is 9.28 Å². The molecule has 10 nitrogen and oxygen atoms in total. The lowest BCUT2D eigenvalue weighted by molar-refractivity contribution is -0.384. The SMILES string of the molecule is CN1c2ccccc2-c2nn(CCNCCOS(C)(=O)=O)c3ccc([N+](=O)[O-])c1c23. The Bertz CT molecular complexity index is 1240. The second-order valence-electron chi connectivity index (χ2n) is 7.01. The van der Waals surface area contributed by atoms with Gasteiger partial charge in [-0.1, -0.05) is 18.2 Å². The van der Waals surface area contributed by atoms with E-state index in [2.05, 4.69) is 5.32 Å². The average molecular weight is 431 g/mol. The highest BCUT2D eigenvalue weighted by Crippen LogP contribution is 2.49. The normalized spacial score (nSPS) is 12.9. The summed E-state index contributed by atoms with van der Waals surface area (Å²) in [4.78, 5) is 13.1.